The lowest BCUT2D eigenvalue weighted by atomic mass is 10.3. The molecule has 5 heteroatoms. The molecule has 1 aromatic heterocycles. The van der Waals surface area contributed by atoms with Crippen molar-refractivity contribution in [1.29, 1.82) is 0 Å². The maximum atomic E-state index is 4.45. The average Bonchev–Trinajstić information content (AvgIpc) is 2.83. The lowest BCUT2D eigenvalue weighted by Gasteiger charge is -2.36. The Labute approximate surface area is 127 Å². The Morgan fingerprint density at radius 3 is 2.48 bits per heavy atom. The van der Waals surface area contributed by atoms with Gasteiger partial charge in [-0.15, -0.1) is 0 Å². The molecule has 0 radical (unpaired) electrons. The van der Waals surface area contributed by atoms with Gasteiger partial charge in [-0.1, -0.05) is 6.07 Å². The van der Waals surface area contributed by atoms with Crippen LogP contribution < -0.4 is 10.2 Å². The molecule has 0 aromatic carbocycles. The second kappa shape index (κ2) is 7.73. The number of aromatic nitrogens is 1. The highest BCUT2D eigenvalue weighted by Crippen LogP contribution is 2.12. The fourth-order valence-electron chi connectivity index (χ4n) is 3.15. The van der Waals surface area contributed by atoms with Gasteiger partial charge in [0, 0.05) is 58.6 Å². The molecular formula is C16H27N5. The Hall–Kier alpha value is -1.17. The number of piperazine rings is 1. The molecule has 2 saturated heterocycles. The minimum Gasteiger partial charge on any atom is -0.354 e. The first-order valence-electron chi connectivity index (χ1n) is 8.23. The third-order valence-electron chi connectivity index (χ3n) is 4.51. The highest BCUT2D eigenvalue weighted by molar-refractivity contribution is 5.38. The summed E-state index contributed by atoms with van der Waals surface area (Å²) in [6.45, 7) is 11.7. The molecule has 5 nitrogen and oxygen atoms in total. The molecule has 2 aliphatic heterocycles. The lowest BCUT2D eigenvalue weighted by molar-refractivity contribution is 0.202. The summed E-state index contributed by atoms with van der Waals surface area (Å²) in [5, 5.41) is 3.47. The zero-order valence-electron chi connectivity index (χ0n) is 12.9. The van der Waals surface area contributed by atoms with Crippen LogP contribution >= 0.6 is 0 Å². The molecule has 1 N–H and O–H groups in total. The Bertz CT molecular complexity index is 394. The first kappa shape index (κ1) is 14.8. The van der Waals surface area contributed by atoms with Gasteiger partial charge in [-0.25, -0.2) is 4.98 Å². The van der Waals surface area contributed by atoms with Crippen LogP contribution in [0.3, 0.4) is 0 Å². The number of nitrogens with zero attached hydrogens (tertiary/aromatic N) is 4. The van der Waals surface area contributed by atoms with Crippen molar-refractivity contribution in [2.24, 2.45) is 0 Å². The van der Waals surface area contributed by atoms with E-state index in [4.69, 9.17) is 0 Å². The van der Waals surface area contributed by atoms with Gasteiger partial charge in [-0.2, -0.15) is 0 Å². The van der Waals surface area contributed by atoms with Crippen LogP contribution in [0.15, 0.2) is 24.4 Å². The third kappa shape index (κ3) is 4.40. The maximum Gasteiger partial charge on any atom is 0.128 e. The second-order valence-electron chi connectivity index (χ2n) is 5.96. The Morgan fingerprint density at radius 2 is 1.71 bits per heavy atom. The van der Waals surface area contributed by atoms with E-state index in [9.17, 15) is 0 Å². The van der Waals surface area contributed by atoms with Crippen molar-refractivity contribution in [3.8, 4) is 0 Å². The van der Waals surface area contributed by atoms with Gasteiger partial charge in [-0.3, -0.25) is 4.90 Å². The second-order valence-corrected chi connectivity index (χ2v) is 5.96. The van der Waals surface area contributed by atoms with E-state index in [1.165, 1.54) is 39.1 Å². The zero-order valence-corrected chi connectivity index (χ0v) is 12.9. The third-order valence-corrected chi connectivity index (χ3v) is 4.51. The first-order chi connectivity index (χ1) is 10.4. The van der Waals surface area contributed by atoms with E-state index in [0.29, 0.717) is 0 Å². The van der Waals surface area contributed by atoms with E-state index >= 15 is 0 Å². The Kier molecular flexibility index (Phi) is 5.43. The van der Waals surface area contributed by atoms with Crippen molar-refractivity contribution in [2.75, 3.05) is 70.3 Å². The maximum absolute atomic E-state index is 4.45. The van der Waals surface area contributed by atoms with Gasteiger partial charge >= 0.3 is 0 Å². The average molecular weight is 289 g/mol. The number of hydrogen-bond acceptors (Lipinski definition) is 5. The summed E-state index contributed by atoms with van der Waals surface area (Å²) in [5.41, 5.74) is 0. The molecule has 0 saturated carbocycles. The van der Waals surface area contributed by atoms with E-state index in [0.717, 1.165) is 38.5 Å². The smallest absolute Gasteiger partial charge is 0.128 e. The Balaban J connectivity index is 1.39. The van der Waals surface area contributed by atoms with Crippen molar-refractivity contribution >= 4 is 5.82 Å². The molecule has 3 rings (SSSR count). The molecule has 0 atom stereocenters. The van der Waals surface area contributed by atoms with Crippen LogP contribution in [0.1, 0.15) is 6.42 Å². The standard InChI is InChI=1S/C16H27N5/c1-2-6-18-16(4-1)21-14-12-20(13-15-21)11-10-19-8-3-5-17-7-9-19/h1-2,4,6,17H,3,5,7-15H2. The molecule has 3 heterocycles. The van der Waals surface area contributed by atoms with Gasteiger partial charge in [0.1, 0.15) is 5.82 Å². The number of rotatable bonds is 4. The molecule has 1 aromatic rings. The van der Waals surface area contributed by atoms with Gasteiger partial charge in [-0.05, 0) is 31.6 Å². The molecular weight excluding hydrogens is 262 g/mol. The van der Waals surface area contributed by atoms with Crippen LogP contribution in [-0.4, -0.2) is 80.2 Å². The summed E-state index contributed by atoms with van der Waals surface area (Å²) >= 11 is 0. The predicted octanol–water partition coefficient (Wildman–Crippen LogP) is 0.499. The van der Waals surface area contributed by atoms with E-state index in [-0.39, 0.29) is 0 Å². The summed E-state index contributed by atoms with van der Waals surface area (Å²) < 4.78 is 0. The molecule has 21 heavy (non-hydrogen) atoms. The summed E-state index contributed by atoms with van der Waals surface area (Å²) in [6.07, 6.45) is 3.17. The number of hydrogen-bond donors (Lipinski definition) is 1. The van der Waals surface area contributed by atoms with Crippen LogP contribution in [0.4, 0.5) is 5.82 Å². The van der Waals surface area contributed by atoms with E-state index in [1.54, 1.807) is 0 Å². The molecule has 0 unspecified atom stereocenters. The summed E-state index contributed by atoms with van der Waals surface area (Å²) in [5.74, 6) is 1.12. The molecule has 116 valence electrons. The van der Waals surface area contributed by atoms with E-state index in [1.807, 2.05) is 12.3 Å². The van der Waals surface area contributed by atoms with Crippen molar-refractivity contribution in [1.82, 2.24) is 20.1 Å². The van der Waals surface area contributed by atoms with Crippen molar-refractivity contribution < 1.29 is 0 Å². The van der Waals surface area contributed by atoms with Gasteiger partial charge < -0.3 is 15.1 Å². The minimum atomic E-state index is 1.10. The van der Waals surface area contributed by atoms with Gasteiger partial charge in [0.25, 0.3) is 0 Å². The fourth-order valence-corrected chi connectivity index (χ4v) is 3.15. The monoisotopic (exact) mass is 289 g/mol. The van der Waals surface area contributed by atoms with Crippen LogP contribution in [0.2, 0.25) is 0 Å². The molecule has 2 fully saturated rings. The van der Waals surface area contributed by atoms with Gasteiger partial charge in [0.2, 0.25) is 0 Å². The van der Waals surface area contributed by atoms with Crippen molar-refractivity contribution in [3.05, 3.63) is 24.4 Å². The van der Waals surface area contributed by atoms with E-state index < -0.39 is 0 Å². The lowest BCUT2D eigenvalue weighted by Crippen LogP contribution is -2.49. The zero-order chi connectivity index (χ0) is 14.3. The van der Waals surface area contributed by atoms with Crippen LogP contribution in [0, 0.1) is 0 Å². The predicted molar refractivity (Wildman–Crippen MR) is 86.8 cm³/mol. The largest absolute Gasteiger partial charge is 0.354 e. The van der Waals surface area contributed by atoms with E-state index in [2.05, 4.69) is 37.1 Å². The van der Waals surface area contributed by atoms with Crippen LogP contribution in [0.25, 0.3) is 0 Å². The minimum absolute atomic E-state index is 1.10. The molecule has 0 amide bonds. The Morgan fingerprint density at radius 1 is 0.905 bits per heavy atom. The summed E-state index contributed by atoms with van der Waals surface area (Å²) in [4.78, 5) is 12.0. The van der Waals surface area contributed by atoms with Gasteiger partial charge in [0.05, 0.1) is 0 Å². The summed E-state index contributed by atoms with van der Waals surface area (Å²) in [7, 11) is 0. The van der Waals surface area contributed by atoms with Crippen molar-refractivity contribution in [3.63, 3.8) is 0 Å². The van der Waals surface area contributed by atoms with Crippen LogP contribution in [-0.2, 0) is 0 Å². The van der Waals surface area contributed by atoms with Gasteiger partial charge in [0.15, 0.2) is 0 Å². The number of nitrogens with one attached hydrogen (secondary N) is 1. The van der Waals surface area contributed by atoms with Crippen LogP contribution in [0.5, 0.6) is 0 Å². The normalized spacial score (nSPS) is 22.2. The van der Waals surface area contributed by atoms with Crippen molar-refractivity contribution in [2.45, 2.75) is 6.42 Å². The summed E-state index contributed by atoms with van der Waals surface area (Å²) in [6, 6.07) is 6.16. The number of anilines is 1. The number of pyridine rings is 1. The molecule has 2 aliphatic rings. The first-order valence-corrected chi connectivity index (χ1v) is 8.23. The molecule has 0 spiro atoms. The fraction of sp³-hybridized carbons (Fsp3) is 0.688. The SMILES string of the molecule is c1ccc(N2CCN(CCN3CCCNCC3)CC2)nc1. The molecule has 0 bridgehead atoms. The highest BCUT2D eigenvalue weighted by Gasteiger charge is 2.18. The quantitative estimate of drug-likeness (QED) is 0.873. The molecule has 0 aliphatic carbocycles. The topological polar surface area (TPSA) is 34.6 Å². The highest BCUT2D eigenvalue weighted by atomic mass is 15.3.